The van der Waals surface area contributed by atoms with Gasteiger partial charge < -0.3 is 94.1 Å². The zero-order valence-electron chi connectivity index (χ0n) is 26.1. The Bertz CT molecular complexity index is 1760. The van der Waals surface area contributed by atoms with Crippen molar-refractivity contribution in [1.82, 2.24) is 0 Å². The molecule has 13 atom stereocenters. The van der Waals surface area contributed by atoms with Crippen molar-refractivity contribution < 1.29 is 94.1 Å². The van der Waals surface area contributed by atoms with Crippen molar-refractivity contribution >= 4 is 11.0 Å². The van der Waals surface area contributed by atoms with E-state index in [1.165, 1.54) is 6.07 Å². The van der Waals surface area contributed by atoms with E-state index < -0.39 is 145 Å². The molecule has 3 aliphatic rings. The fraction of sp³-hybridized carbons (Fsp3) is 0.516. The Morgan fingerprint density at radius 2 is 1.35 bits per heavy atom. The van der Waals surface area contributed by atoms with Crippen LogP contribution in [0.2, 0.25) is 0 Å². The van der Waals surface area contributed by atoms with Crippen molar-refractivity contribution in [3.8, 4) is 40.1 Å². The minimum Gasteiger partial charge on any atom is -0.508 e. The minimum atomic E-state index is -2.08. The second-order valence-electron chi connectivity index (χ2n) is 12.1. The number of phenolic OH excluding ortho intramolecular Hbond substituents is 4. The van der Waals surface area contributed by atoms with Gasteiger partial charge in [-0.3, -0.25) is 4.79 Å². The van der Waals surface area contributed by atoms with Crippen LogP contribution in [0.4, 0.5) is 0 Å². The average Bonchev–Trinajstić information content (AvgIpc) is 3.39. The molecule has 3 fully saturated rings. The fourth-order valence-corrected chi connectivity index (χ4v) is 5.98. The molecule has 12 N–H and O–H groups in total. The first-order valence-corrected chi connectivity index (χ1v) is 15.5. The molecule has 13 unspecified atom stereocenters. The molecule has 6 rings (SSSR count). The molecule has 280 valence electrons. The Balaban J connectivity index is 1.28. The molecule has 0 saturated carbocycles. The maximum atomic E-state index is 13.7. The number of aliphatic hydroxyl groups excluding tert-OH is 8. The van der Waals surface area contributed by atoms with Gasteiger partial charge in [-0.25, -0.2) is 0 Å². The van der Waals surface area contributed by atoms with E-state index in [2.05, 4.69) is 0 Å². The molecule has 0 amide bonds. The van der Waals surface area contributed by atoms with E-state index in [0.29, 0.717) is 0 Å². The molecule has 3 aromatic rings. The van der Waals surface area contributed by atoms with Gasteiger partial charge in [0.15, 0.2) is 29.8 Å². The zero-order chi connectivity index (χ0) is 36.9. The highest BCUT2D eigenvalue weighted by molar-refractivity contribution is 5.88. The van der Waals surface area contributed by atoms with E-state index in [1.54, 1.807) is 0 Å². The molecule has 51 heavy (non-hydrogen) atoms. The van der Waals surface area contributed by atoms with Crippen LogP contribution in [-0.4, -0.2) is 161 Å². The van der Waals surface area contributed by atoms with Crippen molar-refractivity contribution in [1.29, 1.82) is 0 Å². The highest BCUT2D eigenvalue weighted by Crippen LogP contribution is 2.40. The number of aromatic hydroxyl groups is 4. The van der Waals surface area contributed by atoms with Crippen LogP contribution >= 0.6 is 0 Å². The third-order valence-electron chi connectivity index (χ3n) is 8.72. The Kier molecular flexibility index (Phi) is 10.6. The van der Waals surface area contributed by atoms with Gasteiger partial charge in [0.2, 0.25) is 17.5 Å². The molecular formula is C31H36O20. The highest BCUT2D eigenvalue weighted by Gasteiger charge is 2.53. The van der Waals surface area contributed by atoms with Crippen LogP contribution in [0.5, 0.6) is 28.7 Å². The van der Waals surface area contributed by atoms with Crippen LogP contribution in [0.1, 0.15) is 0 Å². The van der Waals surface area contributed by atoms with Crippen molar-refractivity contribution in [2.24, 2.45) is 0 Å². The summed E-state index contributed by atoms with van der Waals surface area (Å²) in [5.74, 6) is -3.53. The molecule has 2 aromatic carbocycles. The molecule has 20 heteroatoms. The Morgan fingerprint density at radius 1 is 0.686 bits per heavy atom. The second kappa shape index (κ2) is 14.6. The van der Waals surface area contributed by atoms with Gasteiger partial charge in [-0.15, -0.1) is 0 Å². The van der Waals surface area contributed by atoms with E-state index in [9.17, 15) is 66.1 Å². The molecular weight excluding hydrogens is 692 g/mol. The molecule has 3 aliphatic heterocycles. The molecule has 0 aliphatic carbocycles. The lowest BCUT2D eigenvalue weighted by atomic mass is 9.98. The molecule has 3 saturated heterocycles. The zero-order valence-corrected chi connectivity index (χ0v) is 26.1. The number of fused-ring (bicyclic) bond motifs is 1. The normalized spacial score (nSPS) is 35.6. The van der Waals surface area contributed by atoms with E-state index in [0.717, 1.165) is 24.3 Å². The first-order chi connectivity index (χ1) is 24.2. The molecule has 0 radical (unpaired) electrons. The topological polar surface area (TPSA) is 328 Å². The van der Waals surface area contributed by atoms with Crippen LogP contribution in [0, 0.1) is 0 Å². The highest BCUT2D eigenvalue weighted by atomic mass is 16.8. The molecule has 20 nitrogen and oxygen atoms in total. The smallest absolute Gasteiger partial charge is 0.239 e. The molecule has 0 bridgehead atoms. The third kappa shape index (κ3) is 6.90. The van der Waals surface area contributed by atoms with E-state index in [4.69, 9.17) is 32.8 Å². The quantitative estimate of drug-likeness (QED) is 0.0946. The van der Waals surface area contributed by atoms with Gasteiger partial charge in [0.25, 0.3) is 0 Å². The summed E-state index contributed by atoms with van der Waals surface area (Å²) in [7, 11) is 0. The maximum Gasteiger partial charge on any atom is 0.239 e. The summed E-state index contributed by atoms with van der Waals surface area (Å²) in [4.78, 5) is 13.7. The number of hydrogen-bond donors (Lipinski definition) is 12. The van der Waals surface area contributed by atoms with Gasteiger partial charge >= 0.3 is 0 Å². The largest absolute Gasteiger partial charge is 0.508 e. The van der Waals surface area contributed by atoms with Crippen molar-refractivity contribution in [3.63, 3.8) is 0 Å². The monoisotopic (exact) mass is 728 g/mol. The number of hydrogen-bond acceptors (Lipinski definition) is 20. The van der Waals surface area contributed by atoms with Crippen LogP contribution in [-0.2, 0) is 23.7 Å². The SMILES string of the molecule is O=c1c(OC2OC(CO)C(OC3OC(CO)C(O)C3OC3OCC(O)C(O)C3O)C(O)C2O)c(-c2ccc(O)c(O)c2)oc2cc(O)cc(O)c12. The lowest BCUT2D eigenvalue weighted by molar-refractivity contribution is -0.333. The van der Waals surface area contributed by atoms with Crippen LogP contribution in [0.3, 0.4) is 0 Å². The predicted molar refractivity (Wildman–Crippen MR) is 162 cm³/mol. The first kappa shape index (κ1) is 36.9. The van der Waals surface area contributed by atoms with Crippen LogP contribution in [0.25, 0.3) is 22.3 Å². The summed E-state index contributed by atoms with van der Waals surface area (Å²) in [6.07, 6.45) is -22.1. The predicted octanol–water partition coefficient (Wildman–Crippen LogP) is -3.61. The van der Waals surface area contributed by atoms with Gasteiger partial charge in [0, 0.05) is 17.7 Å². The number of aliphatic hydroxyl groups is 8. The van der Waals surface area contributed by atoms with Crippen LogP contribution in [0.15, 0.2) is 39.5 Å². The third-order valence-corrected chi connectivity index (χ3v) is 8.72. The maximum absolute atomic E-state index is 13.7. The number of ether oxygens (including phenoxy) is 6. The number of phenols is 4. The molecule has 0 spiro atoms. The lowest BCUT2D eigenvalue weighted by Crippen LogP contribution is -2.62. The van der Waals surface area contributed by atoms with Crippen LogP contribution < -0.4 is 10.2 Å². The summed E-state index contributed by atoms with van der Waals surface area (Å²) < 4.78 is 39.3. The van der Waals surface area contributed by atoms with Crippen molar-refractivity contribution in [2.45, 2.75) is 79.9 Å². The molecule has 4 heterocycles. The summed E-state index contributed by atoms with van der Waals surface area (Å²) in [5.41, 5.74) is -1.45. The van der Waals surface area contributed by atoms with Gasteiger partial charge in [-0.1, -0.05) is 0 Å². The van der Waals surface area contributed by atoms with E-state index in [1.807, 2.05) is 0 Å². The Hall–Kier alpha value is -3.87. The summed E-state index contributed by atoms with van der Waals surface area (Å²) in [6.45, 7) is -2.13. The van der Waals surface area contributed by atoms with Gasteiger partial charge in [-0.05, 0) is 18.2 Å². The Morgan fingerprint density at radius 3 is 2.04 bits per heavy atom. The van der Waals surface area contributed by atoms with E-state index in [-0.39, 0.29) is 11.1 Å². The lowest BCUT2D eigenvalue weighted by Gasteiger charge is -2.43. The van der Waals surface area contributed by atoms with E-state index >= 15 is 0 Å². The first-order valence-electron chi connectivity index (χ1n) is 15.5. The number of benzene rings is 2. The van der Waals surface area contributed by atoms with Gasteiger partial charge in [-0.2, -0.15) is 0 Å². The van der Waals surface area contributed by atoms with Gasteiger partial charge in [0.05, 0.1) is 19.8 Å². The van der Waals surface area contributed by atoms with Crippen molar-refractivity contribution in [3.05, 3.63) is 40.6 Å². The second-order valence-corrected chi connectivity index (χ2v) is 12.1. The van der Waals surface area contributed by atoms with Crippen molar-refractivity contribution in [2.75, 3.05) is 19.8 Å². The molecule has 1 aromatic heterocycles. The average molecular weight is 729 g/mol. The minimum absolute atomic E-state index is 0.0663. The summed E-state index contributed by atoms with van der Waals surface area (Å²) in [5, 5.41) is 123. The standard InChI is InChI=1S/C31H36O20/c32-6-16-20(40)28(51-29-23(43)19(39)14(38)8-45-29)31(47-16)49-26-17(7-33)48-30(24(44)22(26)42)50-27-21(41)18-13(37)4-10(34)5-15(18)46-25(27)9-1-2-11(35)12(36)3-9/h1-5,14,16-17,19-20,22-24,26,28-40,42-44H,6-8H2. The fourth-order valence-electron chi connectivity index (χ4n) is 5.98. The number of rotatable bonds is 9. The van der Waals surface area contributed by atoms with Gasteiger partial charge in [0.1, 0.15) is 83.5 Å². The summed E-state index contributed by atoms with van der Waals surface area (Å²) in [6, 6.07) is 5.13. The summed E-state index contributed by atoms with van der Waals surface area (Å²) >= 11 is 0. The Labute approximate surface area is 285 Å².